The minimum atomic E-state index is -4.09. The van der Waals surface area contributed by atoms with E-state index in [1.54, 1.807) is 54.6 Å². The van der Waals surface area contributed by atoms with Gasteiger partial charge in [-0.3, -0.25) is 0 Å². The first-order valence-corrected chi connectivity index (χ1v) is 23.0. The van der Waals surface area contributed by atoms with Gasteiger partial charge in [0, 0.05) is 0 Å². The fraction of sp³-hybridized carbons (Fsp3) is 0.146. The van der Waals surface area contributed by atoms with Crippen LogP contribution in [0.3, 0.4) is 0 Å². The minimum absolute atomic E-state index is 0.130. The number of amides is 2. The van der Waals surface area contributed by atoms with E-state index in [0.29, 0.717) is 11.3 Å². The van der Waals surface area contributed by atoms with Crippen molar-refractivity contribution in [1.82, 2.24) is 10.2 Å². The predicted octanol–water partition coefficient (Wildman–Crippen LogP) is 4.92. The number of nitrogens with zero attached hydrogens (tertiary/aromatic N) is 2. The molecule has 2 amide bonds. The summed E-state index contributed by atoms with van der Waals surface area (Å²) in [6.07, 6.45) is -0.199. The first-order valence-electron chi connectivity index (χ1n) is 17.3. The normalized spacial score (nSPS) is 19.9. The molecule has 2 aliphatic rings. The van der Waals surface area contributed by atoms with Crippen LogP contribution in [0.15, 0.2) is 163 Å². The number of nitrogens with one attached hydrogen (secondary N) is 1. The molecule has 1 unspecified atom stereocenters. The van der Waals surface area contributed by atoms with Gasteiger partial charge < -0.3 is 0 Å². The summed E-state index contributed by atoms with van der Waals surface area (Å²) in [7, 11) is -2.34. The molecule has 2 heterocycles. The molecule has 0 aromatic heterocycles. The maximum absolute atomic E-state index is 14.9. The first kappa shape index (κ1) is 37.8. The number of halogens is 1. The number of nitro groups is 1. The van der Waals surface area contributed by atoms with Gasteiger partial charge in [-0.05, 0) is 0 Å². The molecular formula is C41H35BrN3O8PS. The van der Waals surface area contributed by atoms with Crippen molar-refractivity contribution in [3.05, 3.63) is 179 Å². The number of rotatable bonds is 13. The molecule has 11 nitrogen and oxygen atoms in total. The van der Waals surface area contributed by atoms with Gasteiger partial charge in [-0.2, -0.15) is 0 Å². The molecule has 0 radical (unpaired) electrons. The maximum atomic E-state index is 14.9. The van der Waals surface area contributed by atoms with Crippen LogP contribution in [-0.2, 0) is 36.5 Å². The van der Waals surface area contributed by atoms with Gasteiger partial charge in [0.1, 0.15) is 0 Å². The number of β-lactam (4-membered cyclic amide) rings is 1. The Bertz CT molecular complexity index is 2190. The van der Waals surface area contributed by atoms with E-state index in [9.17, 15) is 28.7 Å². The average molecular weight is 841 g/mol. The van der Waals surface area contributed by atoms with Gasteiger partial charge in [0.25, 0.3) is 0 Å². The van der Waals surface area contributed by atoms with Crippen molar-refractivity contribution in [2.45, 2.75) is 23.3 Å². The van der Waals surface area contributed by atoms with E-state index in [1.165, 1.54) is 0 Å². The Hall–Kier alpha value is -5.49. The van der Waals surface area contributed by atoms with Crippen LogP contribution < -0.4 is 26.0 Å². The van der Waals surface area contributed by atoms with Gasteiger partial charge in [-0.1, -0.05) is 18.2 Å². The van der Waals surface area contributed by atoms with E-state index < -0.39 is 67.9 Å². The molecule has 14 heteroatoms. The summed E-state index contributed by atoms with van der Waals surface area (Å²) >= 11 is 4.30. The zero-order valence-electron chi connectivity index (χ0n) is 29.2. The third-order valence-corrected chi connectivity index (χ3v) is 21.1. The van der Waals surface area contributed by atoms with E-state index in [0.717, 1.165) is 20.8 Å². The monoisotopic (exact) mass is 839 g/mol. The van der Waals surface area contributed by atoms with Crippen LogP contribution in [0.5, 0.6) is 5.75 Å². The van der Waals surface area contributed by atoms with Gasteiger partial charge in [0.05, 0.1) is 0 Å². The Morgan fingerprint density at radius 1 is 0.782 bits per heavy atom. The molecule has 5 aromatic carbocycles. The van der Waals surface area contributed by atoms with E-state index in [4.69, 9.17) is 9.47 Å². The van der Waals surface area contributed by atoms with Crippen molar-refractivity contribution in [2.24, 2.45) is 0 Å². The molecule has 0 spiro atoms. The van der Waals surface area contributed by atoms with Crippen LogP contribution in [0.4, 0.5) is 0 Å². The fourth-order valence-electron chi connectivity index (χ4n) is 7.15. The number of para-hydroxylation sites is 1. The topological polar surface area (TPSA) is 145 Å². The summed E-state index contributed by atoms with van der Waals surface area (Å²) in [6.45, 7) is -0.658. The molecule has 1 fully saturated rings. The third kappa shape index (κ3) is 6.99. The molecule has 7 rings (SSSR count). The Morgan fingerprint density at radius 2 is 1.25 bits per heavy atom. The van der Waals surface area contributed by atoms with E-state index in [2.05, 4.69) is 20.8 Å². The first-order chi connectivity index (χ1) is 26.6. The molecule has 4 atom stereocenters. The molecule has 2 aliphatic heterocycles. The Morgan fingerprint density at radius 3 is 1.75 bits per heavy atom. The number of esters is 1. The predicted molar refractivity (Wildman–Crippen MR) is 216 cm³/mol. The third-order valence-electron chi connectivity index (χ3n) is 9.74. The second-order valence-electron chi connectivity index (χ2n) is 13.0. The molecule has 1 N–H and O–H groups in total. The average Bonchev–Trinajstić information content (AvgIpc) is 3.22. The van der Waals surface area contributed by atoms with Crippen LogP contribution in [0.2, 0.25) is 0 Å². The molecule has 55 heavy (non-hydrogen) atoms. The Balaban J connectivity index is 1.37. The van der Waals surface area contributed by atoms with Gasteiger partial charge in [-0.25, -0.2) is 0 Å². The standard InChI is InChI=1S/C41H35BrN3O8PS/c42-54(31-20-10-3-11-21-31,32-22-12-4-13-23-32,33-24-14-5-15-25-33)28-34-37(41(48)53-26-29-16-6-1-7-17-29)55(51)40-36(39(47)44(40)38(34)45(49)50)43-35(46)27-52-30-18-8-2-9-19-30/h1-25,36-37,40H,26-28H2,(H,43,46)/t36-,37?,40-,55+/m1/s1. The van der Waals surface area contributed by atoms with Crippen LogP contribution in [0, 0.1) is 10.1 Å². The number of carbonyl (C=O) groups excluding carboxylic acids is 3. The van der Waals surface area contributed by atoms with E-state index >= 15 is 0 Å². The van der Waals surface area contributed by atoms with Gasteiger partial charge in [-0.15, -0.1) is 0 Å². The second-order valence-corrected chi connectivity index (χ2v) is 23.5. The van der Waals surface area contributed by atoms with Crippen LogP contribution >= 0.6 is 20.8 Å². The van der Waals surface area contributed by atoms with E-state index in [1.807, 2.05) is 97.1 Å². The van der Waals surface area contributed by atoms with Crippen molar-refractivity contribution >= 4 is 65.3 Å². The van der Waals surface area contributed by atoms with Gasteiger partial charge >= 0.3 is 311 Å². The number of hydrogen-bond donors (Lipinski definition) is 1. The van der Waals surface area contributed by atoms with Crippen LogP contribution in [0.1, 0.15) is 5.56 Å². The van der Waals surface area contributed by atoms with Crippen molar-refractivity contribution in [2.75, 3.05) is 12.8 Å². The van der Waals surface area contributed by atoms with Crippen molar-refractivity contribution < 1.29 is 33.0 Å². The van der Waals surface area contributed by atoms with Crippen molar-refractivity contribution in [3.8, 4) is 5.75 Å². The summed E-state index contributed by atoms with van der Waals surface area (Å²) < 4.78 is 26.2. The number of hydrogen-bond acceptors (Lipinski definition) is 8. The SMILES string of the molecule is O=C(COc1ccccc1)N[C@@H]1C(=O)N2C([N+](=O)[O-])=C(CP(Br)(c3ccccc3)(c3ccccc3)c3ccccc3)C(C(=O)OCc3ccccc3)[S@](=O)[C@H]12. The molecule has 0 saturated carbocycles. The molecule has 280 valence electrons. The molecular weight excluding hydrogens is 805 g/mol. The van der Waals surface area contributed by atoms with E-state index in [-0.39, 0.29) is 18.3 Å². The van der Waals surface area contributed by atoms with Crippen LogP contribution in [-0.4, -0.2) is 61.3 Å². The zero-order chi connectivity index (χ0) is 38.6. The quantitative estimate of drug-likeness (QED) is 0.0579. The molecule has 0 bridgehead atoms. The molecule has 5 aromatic rings. The van der Waals surface area contributed by atoms with Crippen molar-refractivity contribution in [1.29, 1.82) is 0 Å². The summed E-state index contributed by atoms with van der Waals surface area (Å²) in [5, 5.41) is 11.0. The fourth-order valence-corrected chi connectivity index (χ4v) is 16.9. The van der Waals surface area contributed by atoms with Crippen molar-refractivity contribution in [3.63, 3.8) is 0 Å². The summed E-state index contributed by atoms with van der Waals surface area (Å²) in [5.41, 5.74) is 0.522. The Kier molecular flexibility index (Phi) is 10.8. The number of benzene rings is 5. The molecule has 0 aliphatic carbocycles. The number of fused-ring (bicyclic) bond motifs is 1. The number of ether oxygens (including phenoxy) is 2. The zero-order valence-corrected chi connectivity index (χ0v) is 32.5. The summed E-state index contributed by atoms with van der Waals surface area (Å²) in [5.74, 6) is -2.75. The Labute approximate surface area is 327 Å². The molecule has 1 saturated heterocycles. The van der Waals surface area contributed by atoms with Gasteiger partial charge in [0.15, 0.2) is 0 Å². The summed E-state index contributed by atoms with van der Waals surface area (Å²) in [4.78, 5) is 54.9. The number of carbonyl (C=O) groups is 3. The van der Waals surface area contributed by atoms with Crippen LogP contribution in [0.25, 0.3) is 0 Å². The summed E-state index contributed by atoms with van der Waals surface area (Å²) in [6, 6.07) is 44.3. The second kappa shape index (κ2) is 15.7. The van der Waals surface area contributed by atoms with Gasteiger partial charge in [0.2, 0.25) is 0 Å².